The van der Waals surface area contributed by atoms with E-state index in [1.54, 1.807) is 28.9 Å². The molecule has 0 saturated heterocycles. The first-order valence-corrected chi connectivity index (χ1v) is 10.8. The van der Waals surface area contributed by atoms with Crippen LogP contribution in [-0.4, -0.2) is 10.9 Å². The molecule has 0 aliphatic heterocycles. The van der Waals surface area contributed by atoms with Gasteiger partial charge in [-0.2, -0.15) is 0 Å². The molecule has 1 amide bonds. The number of anilines is 1. The zero-order valence-corrected chi connectivity index (χ0v) is 16.2. The van der Waals surface area contributed by atoms with Gasteiger partial charge in [0.2, 0.25) is 5.91 Å². The third kappa shape index (κ3) is 2.97. The fourth-order valence-corrected chi connectivity index (χ4v) is 5.81. The number of pyridine rings is 1. The molecule has 1 unspecified atom stereocenters. The van der Waals surface area contributed by atoms with Gasteiger partial charge in [0.25, 0.3) is 0 Å². The number of hydrogen-bond acceptors (Lipinski definition) is 4. The maximum atomic E-state index is 13.3. The van der Waals surface area contributed by atoms with Crippen LogP contribution in [0.5, 0.6) is 0 Å². The zero-order chi connectivity index (χ0) is 18.2. The van der Waals surface area contributed by atoms with Crippen molar-refractivity contribution in [2.75, 3.05) is 5.32 Å². The summed E-state index contributed by atoms with van der Waals surface area (Å²) in [6.45, 7) is 0. The molecule has 3 heterocycles. The van der Waals surface area contributed by atoms with Gasteiger partial charge in [-0.3, -0.25) is 9.78 Å². The SMILES string of the molecule is O=C(Nc1cccc2cccnc12)C1[C@@H](c2cccs2)C[C@H]1c1cccs1. The highest BCUT2D eigenvalue weighted by molar-refractivity contribution is 7.10. The van der Waals surface area contributed by atoms with Crippen LogP contribution in [0.3, 0.4) is 0 Å². The molecule has 1 N–H and O–H groups in total. The largest absolute Gasteiger partial charge is 0.324 e. The summed E-state index contributed by atoms with van der Waals surface area (Å²) in [4.78, 5) is 20.4. The van der Waals surface area contributed by atoms with Gasteiger partial charge >= 0.3 is 0 Å². The number of aromatic nitrogens is 1. The van der Waals surface area contributed by atoms with Crippen LogP contribution in [0.15, 0.2) is 71.6 Å². The van der Waals surface area contributed by atoms with Crippen LogP contribution < -0.4 is 5.32 Å². The normalized spacial score (nSPS) is 21.7. The highest BCUT2D eigenvalue weighted by Crippen LogP contribution is 2.55. The lowest BCUT2D eigenvalue weighted by atomic mass is 9.63. The zero-order valence-electron chi connectivity index (χ0n) is 14.5. The number of rotatable bonds is 4. The monoisotopic (exact) mass is 390 g/mol. The van der Waals surface area contributed by atoms with E-state index in [0.29, 0.717) is 11.8 Å². The average Bonchev–Trinajstić information content (AvgIpc) is 3.36. The van der Waals surface area contributed by atoms with Gasteiger partial charge in [0.15, 0.2) is 0 Å². The second-order valence-corrected chi connectivity index (χ2v) is 8.83. The smallest absolute Gasteiger partial charge is 0.228 e. The molecule has 1 fully saturated rings. The third-order valence-electron chi connectivity index (χ3n) is 5.39. The predicted octanol–water partition coefficient (Wildman–Crippen LogP) is 5.88. The second-order valence-electron chi connectivity index (χ2n) is 6.88. The topological polar surface area (TPSA) is 42.0 Å². The summed E-state index contributed by atoms with van der Waals surface area (Å²) in [7, 11) is 0. The molecule has 4 aromatic rings. The van der Waals surface area contributed by atoms with Gasteiger partial charge in [-0.15, -0.1) is 22.7 Å². The lowest BCUT2D eigenvalue weighted by molar-refractivity contribution is -0.124. The first-order valence-electron chi connectivity index (χ1n) is 9.02. The van der Waals surface area contributed by atoms with Crippen LogP contribution in [0, 0.1) is 5.92 Å². The molecule has 1 aromatic carbocycles. The van der Waals surface area contributed by atoms with Crippen molar-refractivity contribution in [1.29, 1.82) is 0 Å². The minimum absolute atomic E-state index is 0.0405. The molecule has 1 aliphatic rings. The summed E-state index contributed by atoms with van der Waals surface area (Å²) in [6.07, 6.45) is 2.80. The maximum absolute atomic E-state index is 13.3. The van der Waals surface area contributed by atoms with E-state index in [2.05, 4.69) is 45.3 Å². The Morgan fingerprint density at radius 3 is 2.30 bits per heavy atom. The Bertz CT molecular complexity index is 1030. The number of carbonyl (C=O) groups excluding carboxylic acids is 1. The summed E-state index contributed by atoms with van der Waals surface area (Å²) in [5.41, 5.74) is 1.63. The highest BCUT2D eigenvalue weighted by Gasteiger charge is 2.47. The summed E-state index contributed by atoms with van der Waals surface area (Å²) >= 11 is 3.49. The lowest BCUT2D eigenvalue weighted by Gasteiger charge is -2.43. The summed E-state index contributed by atoms with van der Waals surface area (Å²) in [5, 5.41) is 8.40. The van der Waals surface area contributed by atoms with Crippen molar-refractivity contribution in [1.82, 2.24) is 4.98 Å². The van der Waals surface area contributed by atoms with E-state index in [0.717, 1.165) is 23.0 Å². The molecule has 27 heavy (non-hydrogen) atoms. The van der Waals surface area contributed by atoms with E-state index in [9.17, 15) is 4.79 Å². The van der Waals surface area contributed by atoms with Crippen molar-refractivity contribution in [2.24, 2.45) is 5.92 Å². The van der Waals surface area contributed by atoms with Crippen LogP contribution in [0.4, 0.5) is 5.69 Å². The van der Waals surface area contributed by atoms with E-state index < -0.39 is 0 Å². The molecule has 5 rings (SSSR count). The van der Waals surface area contributed by atoms with E-state index in [-0.39, 0.29) is 11.8 Å². The standard InChI is InChI=1S/C22H18N2OS2/c25-22(24-17-7-1-5-14-6-2-10-23-21(14)17)20-15(18-8-3-11-26-18)13-16(20)19-9-4-12-27-19/h1-12,15-16,20H,13H2,(H,24,25)/t15-,16+,20?. The first kappa shape index (κ1) is 16.7. The number of carbonyl (C=O) groups is 1. The van der Waals surface area contributed by atoms with Crippen LogP contribution in [-0.2, 0) is 4.79 Å². The van der Waals surface area contributed by atoms with Crippen molar-refractivity contribution in [2.45, 2.75) is 18.3 Å². The van der Waals surface area contributed by atoms with Crippen molar-refractivity contribution >= 4 is 45.2 Å². The molecule has 0 radical (unpaired) electrons. The quantitative estimate of drug-likeness (QED) is 0.472. The molecule has 1 saturated carbocycles. The summed E-state index contributed by atoms with van der Waals surface area (Å²) < 4.78 is 0. The Labute approximate surface area is 165 Å². The fraction of sp³-hybridized carbons (Fsp3) is 0.182. The van der Waals surface area contributed by atoms with Crippen LogP contribution in [0.1, 0.15) is 28.0 Å². The number of hydrogen-bond donors (Lipinski definition) is 1. The minimum atomic E-state index is -0.0405. The summed E-state index contributed by atoms with van der Waals surface area (Å²) in [6, 6.07) is 18.3. The number of fused-ring (bicyclic) bond motifs is 1. The molecule has 3 aromatic heterocycles. The molecule has 3 atom stereocenters. The molecule has 1 aliphatic carbocycles. The van der Waals surface area contributed by atoms with Gasteiger partial charge in [0.1, 0.15) is 0 Å². The number of amides is 1. The Morgan fingerprint density at radius 2 is 1.63 bits per heavy atom. The number of benzene rings is 1. The van der Waals surface area contributed by atoms with E-state index >= 15 is 0 Å². The Kier molecular flexibility index (Phi) is 4.26. The first-order chi connectivity index (χ1) is 13.3. The van der Waals surface area contributed by atoms with Gasteiger partial charge < -0.3 is 5.32 Å². The highest BCUT2D eigenvalue weighted by atomic mass is 32.1. The molecular formula is C22H18N2OS2. The van der Waals surface area contributed by atoms with E-state index in [1.165, 1.54) is 9.75 Å². The molecule has 3 nitrogen and oxygen atoms in total. The molecule has 5 heteroatoms. The lowest BCUT2D eigenvalue weighted by Crippen LogP contribution is -2.41. The number of nitrogens with one attached hydrogen (secondary N) is 1. The van der Waals surface area contributed by atoms with Crippen molar-refractivity contribution in [3.05, 3.63) is 81.3 Å². The number of nitrogens with zero attached hydrogens (tertiary/aromatic N) is 1. The minimum Gasteiger partial charge on any atom is -0.324 e. The predicted molar refractivity (Wildman–Crippen MR) is 113 cm³/mol. The summed E-state index contributed by atoms with van der Waals surface area (Å²) in [5.74, 6) is 0.637. The van der Waals surface area contributed by atoms with Crippen LogP contribution >= 0.6 is 22.7 Å². The fourth-order valence-electron chi connectivity index (χ4n) is 4.03. The third-order valence-corrected chi connectivity index (χ3v) is 7.39. The number of para-hydroxylation sites is 1. The molecule has 0 spiro atoms. The Balaban J connectivity index is 1.46. The van der Waals surface area contributed by atoms with Crippen molar-refractivity contribution in [3.63, 3.8) is 0 Å². The Morgan fingerprint density at radius 1 is 0.926 bits per heavy atom. The van der Waals surface area contributed by atoms with Crippen LogP contribution in [0.2, 0.25) is 0 Å². The van der Waals surface area contributed by atoms with Gasteiger partial charge in [-0.05, 0) is 41.4 Å². The van der Waals surface area contributed by atoms with Crippen molar-refractivity contribution < 1.29 is 4.79 Å². The van der Waals surface area contributed by atoms with Gasteiger partial charge in [0, 0.05) is 33.2 Å². The maximum Gasteiger partial charge on any atom is 0.228 e. The van der Waals surface area contributed by atoms with Gasteiger partial charge in [-0.25, -0.2) is 0 Å². The van der Waals surface area contributed by atoms with Crippen molar-refractivity contribution in [3.8, 4) is 0 Å². The van der Waals surface area contributed by atoms with E-state index in [1.807, 2.05) is 30.3 Å². The Hall–Kier alpha value is -2.50. The van der Waals surface area contributed by atoms with E-state index in [4.69, 9.17) is 0 Å². The molecule has 134 valence electrons. The number of thiophene rings is 2. The average molecular weight is 391 g/mol. The van der Waals surface area contributed by atoms with Gasteiger partial charge in [-0.1, -0.05) is 30.3 Å². The molecular weight excluding hydrogens is 372 g/mol. The van der Waals surface area contributed by atoms with Crippen LogP contribution in [0.25, 0.3) is 10.9 Å². The van der Waals surface area contributed by atoms with Gasteiger partial charge in [0.05, 0.1) is 17.1 Å². The molecule has 0 bridgehead atoms. The second kappa shape index (κ2) is 6.91.